The molecule has 2 heterocycles. The van der Waals surface area contributed by atoms with Crippen LogP contribution in [0.4, 0.5) is 0 Å². The molecule has 0 spiro atoms. The summed E-state index contributed by atoms with van der Waals surface area (Å²) in [5.41, 5.74) is 0.847. The normalized spacial score (nSPS) is 23.4. The van der Waals surface area contributed by atoms with Crippen LogP contribution >= 0.6 is 0 Å². The molecule has 1 aromatic carbocycles. The summed E-state index contributed by atoms with van der Waals surface area (Å²) < 4.78 is 11.0. The largest absolute Gasteiger partial charge is 0.486 e. The van der Waals surface area contributed by atoms with Crippen LogP contribution < -0.4 is 9.47 Å². The molecule has 2 atom stereocenters. The zero-order valence-electron chi connectivity index (χ0n) is 12.4. The van der Waals surface area contributed by atoms with E-state index in [4.69, 9.17) is 14.6 Å². The topological polar surface area (TPSA) is 76.1 Å². The van der Waals surface area contributed by atoms with Gasteiger partial charge in [0.1, 0.15) is 13.2 Å². The van der Waals surface area contributed by atoms with Crippen LogP contribution in [0.25, 0.3) is 0 Å². The molecule has 0 saturated carbocycles. The standard InChI is InChI=1S/C16H19NO5/c1-10-12(16(19)20)4-5-17(10)15(18)9-11-2-3-13-14(8-11)22-7-6-21-13/h2-3,8,10,12H,4-7,9H2,1H3,(H,19,20). The highest BCUT2D eigenvalue weighted by atomic mass is 16.6. The first kappa shape index (κ1) is 14.7. The number of carboxylic acid groups (broad SMARTS) is 1. The van der Waals surface area contributed by atoms with Gasteiger partial charge in [0.2, 0.25) is 5.91 Å². The average Bonchev–Trinajstić information content (AvgIpc) is 2.89. The number of amides is 1. The van der Waals surface area contributed by atoms with Crippen LogP contribution in [0.15, 0.2) is 18.2 Å². The van der Waals surface area contributed by atoms with Crippen molar-refractivity contribution in [2.24, 2.45) is 5.92 Å². The van der Waals surface area contributed by atoms with E-state index < -0.39 is 11.9 Å². The van der Waals surface area contributed by atoms with Crippen molar-refractivity contribution in [1.29, 1.82) is 0 Å². The summed E-state index contributed by atoms with van der Waals surface area (Å²) in [6, 6.07) is 5.22. The molecule has 6 nitrogen and oxygen atoms in total. The lowest BCUT2D eigenvalue weighted by Gasteiger charge is -2.24. The van der Waals surface area contributed by atoms with Gasteiger partial charge in [-0.1, -0.05) is 6.07 Å². The number of benzene rings is 1. The summed E-state index contributed by atoms with van der Waals surface area (Å²) in [4.78, 5) is 25.2. The molecule has 1 aromatic rings. The number of ether oxygens (including phenoxy) is 2. The highest BCUT2D eigenvalue weighted by Crippen LogP contribution is 2.31. The minimum absolute atomic E-state index is 0.0482. The van der Waals surface area contributed by atoms with Gasteiger partial charge in [-0.2, -0.15) is 0 Å². The van der Waals surface area contributed by atoms with Crippen LogP contribution in [-0.2, 0) is 16.0 Å². The number of likely N-dealkylation sites (tertiary alicyclic amines) is 1. The summed E-state index contributed by atoms with van der Waals surface area (Å²) in [6.45, 7) is 3.34. The molecule has 0 bridgehead atoms. The van der Waals surface area contributed by atoms with E-state index in [0.717, 1.165) is 5.56 Å². The predicted molar refractivity (Wildman–Crippen MR) is 78.1 cm³/mol. The molecule has 6 heteroatoms. The Labute approximate surface area is 128 Å². The Morgan fingerprint density at radius 2 is 2.00 bits per heavy atom. The first-order chi connectivity index (χ1) is 10.6. The van der Waals surface area contributed by atoms with E-state index >= 15 is 0 Å². The number of hydrogen-bond acceptors (Lipinski definition) is 4. The lowest BCUT2D eigenvalue weighted by atomic mass is 10.0. The quantitative estimate of drug-likeness (QED) is 0.911. The van der Waals surface area contributed by atoms with Gasteiger partial charge in [0.15, 0.2) is 11.5 Å². The van der Waals surface area contributed by atoms with E-state index in [9.17, 15) is 9.59 Å². The Morgan fingerprint density at radius 3 is 2.68 bits per heavy atom. The highest BCUT2D eigenvalue weighted by Gasteiger charge is 2.37. The van der Waals surface area contributed by atoms with Gasteiger partial charge in [0.25, 0.3) is 0 Å². The molecule has 3 rings (SSSR count). The molecule has 2 aliphatic heterocycles. The lowest BCUT2D eigenvalue weighted by molar-refractivity contribution is -0.143. The van der Waals surface area contributed by atoms with E-state index in [-0.39, 0.29) is 18.4 Å². The first-order valence-electron chi connectivity index (χ1n) is 7.47. The molecule has 1 N–H and O–H groups in total. The number of nitrogens with zero attached hydrogens (tertiary/aromatic N) is 1. The van der Waals surface area contributed by atoms with Crippen molar-refractivity contribution in [3.63, 3.8) is 0 Å². The van der Waals surface area contributed by atoms with Crippen LogP contribution in [0.3, 0.4) is 0 Å². The summed E-state index contributed by atoms with van der Waals surface area (Å²) in [5.74, 6) is 0.0108. The molecule has 118 valence electrons. The number of carbonyl (C=O) groups is 2. The Morgan fingerprint density at radius 1 is 1.27 bits per heavy atom. The van der Waals surface area contributed by atoms with E-state index in [2.05, 4.69) is 0 Å². The third kappa shape index (κ3) is 2.73. The van der Waals surface area contributed by atoms with E-state index in [1.807, 2.05) is 18.2 Å². The SMILES string of the molecule is CC1C(C(=O)O)CCN1C(=O)Cc1ccc2c(c1)OCCO2. The maximum absolute atomic E-state index is 12.4. The maximum atomic E-state index is 12.4. The second kappa shape index (κ2) is 5.87. The molecule has 2 aliphatic rings. The number of hydrogen-bond donors (Lipinski definition) is 1. The van der Waals surface area contributed by atoms with Gasteiger partial charge in [0.05, 0.1) is 12.3 Å². The fourth-order valence-electron chi connectivity index (χ4n) is 3.10. The second-order valence-corrected chi connectivity index (χ2v) is 5.72. The number of aliphatic carboxylic acids is 1. The van der Waals surface area contributed by atoms with Crippen molar-refractivity contribution in [1.82, 2.24) is 4.90 Å². The molecule has 2 unspecified atom stereocenters. The molecule has 1 saturated heterocycles. The smallest absolute Gasteiger partial charge is 0.308 e. The molecule has 1 fully saturated rings. The molecule has 0 radical (unpaired) electrons. The molecule has 1 amide bonds. The minimum atomic E-state index is -0.831. The molecular weight excluding hydrogens is 286 g/mol. The Kier molecular flexibility index (Phi) is 3.92. The Balaban J connectivity index is 1.68. The van der Waals surface area contributed by atoms with Gasteiger partial charge in [-0.25, -0.2) is 0 Å². The fraction of sp³-hybridized carbons (Fsp3) is 0.500. The van der Waals surface area contributed by atoms with Crippen molar-refractivity contribution in [3.05, 3.63) is 23.8 Å². The van der Waals surface area contributed by atoms with Crippen molar-refractivity contribution < 1.29 is 24.2 Å². The zero-order chi connectivity index (χ0) is 15.7. The van der Waals surface area contributed by atoms with Crippen molar-refractivity contribution >= 4 is 11.9 Å². The fourth-order valence-corrected chi connectivity index (χ4v) is 3.10. The molecule has 0 aromatic heterocycles. The van der Waals surface area contributed by atoms with Crippen LogP contribution in [0.1, 0.15) is 18.9 Å². The summed E-state index contributed by atoms with van der Waals surface area (Å²) >= 11 is 0. The van der Waals surface area contributed by atoms with Crippen molar-refractivity contribution in [3.8, 4) is 11.5 Å². The second-order valence-electron chi connectivity index (χ2n) is 5.72. The van der Waals surface area contributed by atoms with Crippen molar-refractivity contribution in [2.45, 2.75) is 25.8 Å². The van der Waals surface area contributed by atoms with E-state index in [1.54, 1.807) is 11.8 Å². The lowest BCUT2D eigenvalue weighted by Crippen LogP contribution is -2.38. The van der Waals surface area contributed by atoms with Crippen LogP contribution in [0, 0.1) is 5.92 Å². The first-order valence-corrected chi connectivity index (χ1v) is 7.47. The number of carbonyl (C=O) groups excluding carboxylic acids is 1. The van der Waals surface area contributed by atoms with Gasteiger partial charge < -0.3 is 19.5 Å². The van der Waals surface area contributed by atoms with Gasteiger partial charge in [-0.3, -0.25) is 9.59 Å². The third-order valence-electron chi connectivity index (χ3n) is 4.35. The third-order valence-corrected chi connectivity index (χ3v) is 4.35. The van der Waals surface area contributed by atoms with Crippen LogP contribution in [0.5, 0.6) is 11.5 Å². The molecular formula is C16H19NO5. The Hall–Kier alpha value is -2.24. The number of rotatable bonds is 3. The zero-order valence-corrected chi connectivity index (χ0v) is 12.4. The van der Waals surface area contributed by atoms with E-state index in [0.29, 0.717) is 37.7 Å². The van der Waals surface area contributed by atoms with Gasteiger partial charge in [0, 0.05) is 12.6 Å². The summed E-state index contributed by atoms with van der Waals surface area (Å²) in [5, 5.41) is 9.14. The van der Waals surface area contributed by atoms with Gasteiger partial charge >= 0.3 is 5.97 Å². The van der Waals surface area contributed by atoms with Gasteiger partial charge in [-0.05, 0) is 31.0 Å². The van der Waals surface area contributed by atoms with E-state index in [1.165, 1.54) is 0 Å². The monoisotopic (exact) mass is 305 g/mol. The van der Waals surface area contributed by atoms with Crippen molar-refractivity contribution in [2.75, 3.05) is 19.8 Å². The summed E-state index contributed by atoms with van der Waals surface area (Å²) in [6.07, 6.45) is 0.761. The number of fused-ring (bicyclic) bond motifs is 1. The number of carboxylic acids is 1. The minimum Gasteiger partial charge on any atom is -0.486 e. The van der Waals surface area contributed by atoms with Gasteiger partial charge in [-0.15, -0.1) is 0 Å². The average molecular weight is 305 g/mol. The maximum Gasteiger partial charge on any atom is 0.308 e. The van der Waals surface area contributed by atoms with Crippen LogP contribution in [-0.4, -0.2) is 47.7 Å². The Bertz CT molecular complexity index is 600. The predicted octanol–water partition coefficient (Wildman–Crippen LogP) is 1.32. The van der Waals surface area contributed by atoms with Crippen LogP contribution in [0.2, 0.25) is 0 Å². The highest BCUT2D eigenvalue weighted by molar-refractivity contribution is 5.81. The molecule has 0 aliphatic carbocycles. The summed E-state index contributed by atoms with van der Waals surface area (Å²) in [7, 11) is 0. The molecule has 22 heavy (non-hydrogen) atoms.